The lowest BCUT2D eigenvalue weighted by molar-refractivity contribution is 0.0877. The molecule has 7 aromatic rings. The average Bonchev–Trinajstić information content (AvgIpc) is 3.30. The Labute approximate surface area is 404 Å². The summed E-state index contributed by atoms with van der Waals surface area (Å²) in [6.45, 7) is 8.39. The summed E-state index contributed by atoms with van der Waals surface area (Å²) in [5.74, 6) is 0.455. The number of imide groups is 2. The maximum absolute atomic E-state index is 14.8. The van der Waals surface area contributed by atoms with Crippen molar-refractivity contribution in [3.63, 3.8) is 0 Å². The Hall–Kier alpha value is -4.72. The number of carbonyl (C=O) groups excluding carboxylic acids is 4. The van der Waals surface area contributed by atoms with E-state index in [4.69, 9.17) is 46.4 Å². The van der Waals surface area contributed by atoms with Gasteiger partial charge in [0.05, 0.1) is 33.6 Å². The standard InChI is InChI=1S/C56H50Cl4N2O4/c1-5-7-29-9-13-31(14-10-29)33-17-19-43(27(3)21-33)61-53(63)35-23-39(57)47-49-41(59)25-37-46-38(26-42(60)50(52(46)49)48-40(58)24-36(54(61)64)45(35)51(47)48)56(66)62(55(37)65)44-20-18-34(22-28(44)4)32-15-11-30(8-6-2)12-16-32/h17-26,29-32H,5-16H2,1-4H3/t29-,30-,31-,32-. The van der Waals surface area contributed by atoms with Gasteiger partial charge in [-0.1, -0.05) is 110 Å². The number of nitrogens with zero attached hydrogens (tertiary/aromatic N) is 2. The molecule has 2 aliphatic carbocycles. The van der Waals surface area contributed by atoms with Crippen molar-refractivity contribution in [2.24, 2.45) is 11.8 Å². The van der Waals surface area contributed by atoms with E-state index in [9.17, 15) is 19.2 Å². The number of rotatable bonds is 8. The molecule has 4 aliphatic rings. The molecule has 11 rings (SSSR count). The van der Waals surface area contributed by atoms with Crippen LogP contribution in [0.15, 0.2) is 60.7 Å². The number of fused-ring (bicyclic) bond motifs is 2. The van der Waals surface area contributed by atoms with Crippen LogP contribution in [0.4, 0.5) is 11.4 Å². The molecule has 0 bridgehead atoms. The number of hydrogen-bond acceptors (Lipinski definition) is 4. The van der Waals surface area contributed by atoms with Gasteiger partial charge in [-0.05, 0) is 148 Å². The highest BCUT2D eigenvalue weighted by atomic mass is 35.5. The molecule has 6 nitrogen and oxygen atoms in total. The molecule has 2 saturated carbocycles. The molecule has 0 saturated heterocycles. The van der Waals surface area contributed by atoms with E-state index in [0.29, 0.717) is 66.3 Å². The second-order valence-corrected chi connectivity index (χ2v) is 21.2. The van der Waals surface area contributed by atoms with Gasteiger partial charge in [-0.3, -0.25) is 19.2 Å². The lowest BCUT2D eigenvalue weighted by atomic mass is 9.77. The summed E-state index contributed by atoms with van der Waals surface area (Å²) >= 11 is 29.2. The topological polar surface area (TPSA) is 74.8 Å². The molecule has 7 aromatic carbocycles. The van der Waals surface area contributed by atoms with E-state index in [1.54, 1.807) is 24.3 Å². The molecule has 2 fully saturated rings. The Morgan fingerprint density at radius 1 is 0.424 bits per heavy atom. The number of anilines is 2. The minimum atomic E-state index is -0.502. The van der Waals surface area contributed by atoms with E-state index >= 15 is 0 Å². The van der Waals surface area contributed by atoms with Crippen LogP contribution in [0.25, 0.3) is 43.1 Å². The molecule has 4 amide bonds. The molecule has 0 radical (unpaired) electrons. The van der Waals surface area contributed by atoms with Crippen LogP contribution in [-0.2, 0) is 0 Å². The predicted octanol–water partition coefficient (Wildman–Crippen LogP) is 16.7. The fourth-order valence-corrected chi connectivity index (χ4v) is 13.8. The van der Waals surface area contributed by atoms with E-state index < -0.39 is 23.6 Å². The van der Waals surface area contributed by atoms with Gasteiger partial charge in [0, 0.05) is 63.2 Å². The van der Waals surface area contributed by atoms with Crippen LogP contribution < -0.4 is 9.80 Å². The molecular weight excluding hydrogens is 906 g/mol. The first-order chi connectivity index (χ1) is 31.8. The first-order valence-electron chi connectivity index (χ1n) is 23.8. The highest BCUT2D eigenvalue weighted by molar-refractivity contribution is 6.57. The Bertz CT molecular complexity index is 2920. The van der Waals surface area contributed by atoms with Crippen molar-refractivity contribution >= 4 is 124 Å². The Morgan fingerprint density at radius 2 is 0.727 bits per heavy atom. The molecule has 0 N–H and O–H groups in total. The summed E-state index contributed by atoms with van der Waals surface area (Å²) in [5.41, 5.74) is 6.13. The van der Waals surface area contributed by atoms with Gasteiger partial charge in [-0.2, -0.15) is 0 Å². The number of hydrogen-bond donors (Lipinski definition) is 0. The summed E-state index contributed by atoms with van der Waals surface area (Å²) in [5, 5.41) is 4.35. The third kappa shape index (κ3) is 6.55. The lowest BCUT2D eigenvalue weighted by Crippen LogP contribution is -2.41. The van der Waals surface area contributed by atoms with Gasteiger partial charge in [-0.25, -0.2) is 9.80 Å². The van der Waals surface area contributed by atoms with Crippen LogP contribution in [0.1, 0.15) is 166 Å². The number of carbonyl (C=O) groups is 4. The van der Waals surface area contributed by atoms with Gasteiger partial charge < -0.3 is 0 Å². The van der Waals surface area contributed by atoms with Crippen LogP contribution in [0, 0.1) is 25.7 Å². The Morgan fingerprint density at radius 3 is 1.00 bits per heavy atom. The molecule has 0 spiro atoms. The fourth-order valence-electron chi connectivity index (χ4n) is 12.6. The van der Waals surface area contributed by atoms with Crippen LogP contribution >= 0.6 is 46.4 Å². The van der Waals surface area contributed by atoms with Crippen LogP contribution in [0.5, 0.6) is 0 Å². The van der Waals surface area contributed by atoms with Crippen molar-refractivity contribution in [1.82, 2.24) is 0 Å². The fraction of sp³-hybridized carbons (Fsp3) is 0.357. The predicted molar refractivity (Wildman–Crippen MR) is 272 cm³/mol. The van der Waals surface area contributed by atoms with Gasteiger partial charge in [0.1, 0.15) is 0 Å². The minimum Gasteiger partial charge on any atom is -0.268 e. The van der Waals surface area contributed by atoms with Crippen molar-refractivity contribution in [2.45, 2.75) is 117 Å². The molecule has 0 aromatic heterocycles. The van der Waals surface area contributed by atoms with Gasteiger partial charge >= 0.3 is 0 Å². The maximum atomic E-state index is 14.8. The van der Waals surface area contributed by atoms with Gasteiger partial charge in [-0.15, -0.1) is 0 Å². The molecule has 0 unspecified atom stereocenters. The molecule has 336 valence electrons. The Balaban J connectivity index is 1.02. The van der Waals surface area contributed by atoms with Crippen molar-refractivity contribution in [3.05, 3.63) is 125 Å². The molecule has 0 atom stereocenters. The van der Waals surface area contributed by atoms with Crippen LogP contribution in [0.2, 0.25) is 20.1 Å². The van der Waals surface area contributed by atoms with E-state index in [1.165, 1.54) is 72.3 Å². The summed E-state index contributed by atoms with van der Waals surface area (Å²) in [7, 11) is 0. The number of benzene rings is 7. The summed E-state index contributed by atoms with van der Waals surface area (Å²) < 4.78 is 0. The largest absolute Gasteiger partial charge is 0.268 e. The van der Waals surface area contributed by atoms with Gasteiger partial charge in [0.15, 0.2) is 0 Å². The summed E-state index contributed by atoms with van der Waals surface area (Å²) in [6, 6.07) is 18.6. The van der Waals surface area contributed by atoms with Gasteiger partial charge in [0.25, 0.3) is 23.6 Å². The third-order valence-electron chi connectivity index (χ3n) is 15.8. The van der Waals surface area contributed by atoms with Crippen molar-refractivity contribution < 1.29 is 19.2 Å². The molecule has 10 heteroatoms. The van der Waals surface area contributed by atoms with Crippen LogP contribution in [-0.4, -0.2) is 23.6 Å². The zero-order valence-electron chi connectivity index (χ0n) is 37.6. The first kappa shape index (κ1) is 43.8. The normalized spacial score (nSPS) is 21.2. The minimum absolute atomic E-state index is 0.203. The van der Waals surface area contributed by atoms with Crippen molar-refractivity contribution in [1.29, 1.82) is 0 Å². The first-order valence-corrected chi connectivity index (χ1v) is 25.3. The molecule has 66 heavy (non-hydrogen) atoms. The van der Waals surface area contributed by atoms with Gasteiger partial charge in [0.2, 0.25) is 0 Å². The number of aryl methyl sites for hydroxylation is 2. The summed E-state index contributed by atoms with van der Waals surface area (Å²) in [4.78, 5) is 61.6. The quantitative estimate of drug-likeness (QED) is 0.0864. The van der Waals surface area contributed by atoms with E-state index in [-0.39, 0.29) is 42.3 Å². The third-order valence-corrected chi connectivity index (χ3v) is 17.0. The Kier molecular flexibility index (Phi) is 11.0. The smallest absolute Gasteiger partial charge is 0.266 e. The molecule has 2 aliphatic heterocycles. The monoisotopic (exact) mass is 954 g/mol. The zero-order valence-corrected chi connectivity index (χ0v) is 40.6. The van der Waals surface area contributed by atoms with Crippen molar-refractivity contribution in [2.75, 3.05) is 9.80 Å². The summed E-state index contributed by atoms with van der Waals surface area (Å²) in [6.07, 6.45) is 14.4. The van der Waals surface area contributed by atoms with E-state index in [1.807, 2.05) is 26.0 Å². The molecule has 2 heterocycles. The number of amides is 4. The number of halogens is 4. The lowest BCUT2D eigenvalue weighted by Gasteiger charge is -2.33. The van der Waals surface area contributed by atoms with E-state index in [2.05, 4.69) is 38.1 Å². The van der Waals surface area contributed by atoms with Crippen LogP contribution in [0.3, 0.4) is 0 Å². The average molecular weight is 957 g/mol. The zero-order chi connectivity index (χ0) is 46.0. The highest BCUT2D eigenvalue weighted by Gasteiger charge is 2.41. The molecular formula is C56H50Cl4N2O4. The maximum Gasteiger partial charge on any atom is 0.266 e. The van der Waals surface area contributed by atoms with Crippen molar-refractivity contribution in [3.8, 4) is 0 Å². The second-order valence-electron chi connectivity index (χ2n) is 19.6. The highest BCUT2D eigenvalue weighted by Crippen LogP contribution is 2.54. The second kappa shape index (κ2) is 16.5. The van der Waals surface area contributed by atoms with E-state index in [0.717, 1.165) is 48.6 Å². The SMILES string of the molecule is CCC[C@H]1CC[C@H](c2ccc(N3C(=O)c4cc(Cl)c5c6c(Cl)cc7c8c(cc(Cl)c(c9c(Cl)cc(c4c59)C3=O)c86)C(=O)N(c3ccc([C@H]4CC[C@H](CCC)CC4)cc3C)C7=O)c(C)c2)CC1.